The van der Waals surface area contributed by atoms with Gasteiger partial charge in [0.1, 0.15) is 0 Å². The highest BCUT2D eigenvalue weighted by atomic mass is 16.5. The molecule has 0 bridgehead atoms. The van der Waals surface area contributed by atoms with Gasteiger partial charge in [-0.25, -0.2) is 0 Å². The van der Waals surface area contributed by atoms with Gasteiger partial charge in [-0.2, -0.15) is 0 Å². The van der Waals surface area contributed by atoms with Crippen molar-refractivity contribution in [1.82, 2.24) is 5.32 Å². The lowest BCUT2D eigenvalue weighted by atomic mass is 10.0. The summed E-state index contributed by atoms with van der Waals surface area (Å²) in [6.07, 6.45) is 90.3. The molecule has 0 aromatic carbocycles. The van der Waals surface area contributed by atoms with E-state index in [-0.39, 0.29) is 18.5 Å². The number of amides is 1. The number of esters is 1. The number of hydrogen-bond acceptors (Lipinski definition) is 5. The first-order valence-electron chi connectivity index (χ1n) is 38.0. The monoisotopic (exact) mass is 1160 g/mol. The Labute approximate surface area is 514 Å². The highest BCUT2D eigenvalue weighted by Gasteiger charge is 2.18. The average Bonchev–Trinajstić information content (AvgIpc) is 3.48. The first kappa shape index (κ1) is 80.6. The van der Waals surface area contributed by atoms with Crippen LogP contribution in [0.3, 0.4) is 0 Å². The van der Waals surface area contributed by atoms with Gasteiger partial charge in [0.25, 0.3) is 0 Å². The molecule has 82 heavy (non-hydrogen) atoms. The molecule has 6 nitrogen and oxygen atoms in total. The molecule has 0 aliphatic heterocycles. The molecule has 0 aromatic rings. The first-order chi connectivity index (χ1) is 40.5. The fourth-order valence-corrected chi connectivity index (χ4v) is 12.3. The Morgan fingerprint density at radius 3 is 0.829 bits per heavy atom. The maximum Gasteiger partial charge on any atom is 0.305 e. The summed E-state index contributed by atoms with van der Waals surface area (Å²) in [5, 5.41) is 23.3. The van der Waals surface area contributed by atoms with Crippen molar-refractivity contribution in [2.75, 3.05) is 13.2 Å². The molecule has 2 unspecified atom stereocenters. The molecule has 0 aliphatic rings. The summed E-state index contributed by atoms with van der Waals surface area (Å²) in [4.78, 5) is 24.6. The molecular formula is C76H149NO5. The molecule has 488 valence electrons. The lowest BCUT2D eigenvalue weighted by molar-refractivity contribution is -0.143. The van der Waals surface area contributed by atoms with Gasteiger partial charge in [-0.1, -0.05) is 405 Å². The van der Waals surface area contributed by atoms with Gasteiger partial charge in [0, 0.05) is 12.8 Å². The average molecular weight is 1160 g/mol. The summed E-state index contributed by atoms with van der Waals surface area (Å²) in [5.74, 6) is -0.0354. The second-order valence-electron chi connectivity index (χ2n) is 26.4. The van der Waals surface area contributed by atoms with Crippen molar-refractivity contribution in [2.45, 2.75) is 450 Å². The molecule has 0 rings (SSSR count). The van der Waals surface area contributed by atoms with Crippen molar-refractivity contribution in [3.05, 3.63) is 12.2 Å². The maximum atomic E-state index is 12.5. The van der Waals surface area contributed by atoms with Gasteiger partial charge in [-0.05, 0) is 32.1 Å². The highest BCUT2D eigenvalue weighted by molar-refractivity contribution is 5.76. The Kier molecular flexibility index (Phi) is 70.8. The van der Waals surface area contributed by atoms with Gasteiger partial charge < -0.3 is 20.3 Å². The minimum Gasteiger partial charge on any atom is -0.466 e. The number of carbonyl (C=O) groups is 2. The molecule has 0 radical (unpaired) electrons. The molecule has 0 saturated heterocycles. The van der Waals surface area contributed by atoms with Crippen molar-refractivity contribution >= 4 is 11.9 Å². The number of carbonyl (C=O) groups excluding carboxylic acids is 2. The summed E-state index contributed by atoms with van der Waals surface area (Å²) in [5.41, 5.74) is 0. The normalized spacial score (nSPS) is 12.5. The van der Waals surface area contributed by atoms with Gasteiger partial charge in [0.15, 0.2) is 0 Å². The van der Waals surface area contributed by atoms with Crippen molar-refractivity contribution < 1.29 is 24.5 Å². The van der Waals surface area contributed by atoms with Crippen molar-refractivity contribution in [2.24, 2.45) is 0 Å². The largest absolute Gasteiger partial charge is 0.466 e. The zero-order valence-corrected chi connectivity index (χ0v) is 56.0. The number of nitrogens with one attached hydrogen (secondary N) is 1. The van der Waals surface area contributed by atoms with Crippen LogP contribution in [0.5, 0.6) is 0 Å². The SMILES string of the molecule is CCCCCCCCCCCCCCCCCCCC/C=C/C(O)C(CO)NC(=O)CCCCCCCCCCCCCCCCCCCCCCCCCCCCCCCCOC(=O)CCCCCCCCCCCCCCCCC. The Morgan fingerprint density at radius 1 is 0.329 bits per heavy atom. The molecule has 2 atom stereocenters. The van der Waals surface area contributed by atoms with Gasteiger partial charge >= 0.3 is 5.97 Å². The van der Waals surface area contributed by atoms with Gasteiger partial charge in [-0.3, -0.25) is 9.59 Å². The summed E-state index contributed by atoms with van der Waals surface area (Å²) >= 11 is 0. The molecule has 0 saturated carbocycles. The van der Waals surface area contributed by atoms with E-state index >= 15 is 0 Å². The molecule has 0 aromatic heterocycles. The minimum atomic E-state index is -0.842. The van der Waals surface area contributed by atoms with Crippen LogP contribution < -0.4 is 5.32 Å². The number of rotatable bonds is 72. The van der Waals surface area contributed by atoms with Crippen LogP contribution in [0.2, 0.25) is 0 Å². The molecule has 0 spiro atoms. The summed E-state index contributed by atoms with van der Waals surface area (Å²) in [6, 6.07) is -0.625. The Hall–Kier alpha value is -1.40. The van der Waals surface area contributed by atoms with E-state index in [0.717, 1.165) is 38.5 Å². The van der Waals surface area contributed by atoms with Crippen LogP contribution in [0.1, 0.15) is 438 Å². The van der Waals surface area contributed by atoms with Crippen molar-refractivity contribution in [3.63, 3.8) is 0 Å². The summed E-state index contributed by atoms with van der Waals surface area (Å²) < 4.78 is 5.51. The molecular weight excluding hydrogens is 1010 g/mol. The van der Waals surface area contributed by atoms with Crippen LogP contribution in [-0.4, -0.2) is 47.4 Å². The molecule has 6 heteroatoms. The number of aliphatic hydroxyl groups excluding tert-OH is 2. The third-order valence-electron chi connectivity index (χ3n) is 18.1. The van der Waals surface area contributed by atoms with Crippen LogP contribution in [-0.2, 0) is 14.3 Å². The zero-order valence-electron chi connectivity index (χ0n) is 56.0. The predicted octanol–water partition coefficient (Wildman–Crippen LogP) is 24.7. The number of hydrogen-bond donors (Lipinski definition) is 3. The van der Waals surface area contributed by atoms with E-state index in [1.165, 1.54) is 372 Å². The lowest BCUT2D eigenvalue weighted by Crippen LogP contribution is -2.45. The molecule has 0 fully saturated rings. The maximum absolute atomic E-state index is 12.5. The molecule has 0 heterocycles. The van der Waals surface area contributed by atoms with E-state index in [1.54, 1.807) is 6.08 Å². The van der Waals surface area contributed by atoms with E-state index in [0.29, 0.717) is 19.4 Å². The second-order valence-corrected chi connectivity index (χ2v) is 26.4. The van der Waals surface area contributed by atoms with E-state index in [9.17, 15) is 19.8 Å². The van der Waals surface area contributed by atoms with Crippen LogP contribution in [0, 0.1) is 0 Å². The summed E-state index contributed by atoms with van der Waals surface area (Å²) in [6.45, 7) is 4.96. The third-order valence-corrected chi connectivity index (χ3v) is 18.1. The topological polar surface area (TPSA) is 95.9 Å². The number of allylic oxidation sites excluding steroid dienone is 1. The Morgan fingerprint density at radius 2 is 0.561 bits per heavy atom. The highest BCUT2D eigenvalue weighted by Crippen LogP contribution is 2.20. The third kappa shape index (κ3) is 67.7. The number of aliphatic hydroxyl groups is 2. The van der Waals surface area contributed by atoms with E-state index in [2.05, 4.69) is 19.2 Å². The van der Waals surface area contributed by atoms with E-state index < -0.39 is 12.1 Å². The molecule has 3 N–H and O–H groups in total. The van der Waals surface area contributed by atoms with Crippen LogP contribution in [0.15, 0.2) is 12.2 Å². The molecule has 0 aliphatic carbocycles. The van der Waals surface area contributed by atoms with Crippen molar-refractivity contribution in [3.8, 4) is 0 Å². The van der Waals surface area contributed by atoms with Crippen LogP contribution in [0.25, 0.3) is 0 Å². The van der Waals surface area contributed by atoms with Gasteiger partial charge in [-0.15, -0.1) is 0 Å². The van der Waals surface area contributed by atoms with E-state index in [4.69, 9.17) is 4.74 Å². The Bertz CT molecular complexity index is 1240. The number of ether oxygens (including phenoxy) is 1. The lowest BCUT2D eigenvalue weighted by Gasteiger charge is -2.20. The zero-order chi connectivity index (χ0) is 59.2. The van der Waals surface area contributed by atoms with Gasteiger partial charge in [0.2, 0.25) is 5.91 Å². The smallest absolute Gasteiger partial charge is 0.305 e. The second kappa shape index (κ2) is 72.1. The first-order valence-corrected chi connectivity index (χ1v) is 38.0. The molecule has 1 amide bonds. The number of unbranched alkanes of at least 4 members (excludes halogenated alkanes) is 61. The van der Waals surface area contributed by atoms with Gasteiger partial charge in [0.05, 0.1) is 25.4 Å². The standard InChI is InChI=1S/C76H149NO5/c1-3-5-7-9-11-13-15-17-19-20-21-34-37-41-44-48-52-56-60-64-68-74(79)73(72-78)77-75(80)69-65-61-57-53-49-45-42-38-35-32-30-28-26-24-22-23-25-27-29-31-33-36-39-43-47-51-55-59-63-67-71-82-76(81)70-66-62-58-54-50-46-40-18-16-14-12-10-8-6-4-2/h64,68,73-74,78-79H,3-63,65-67,69-72H2,1-2H3,(H,77,80)/b68-64+. The summed E-state index contributed by atoms with van der Waals surface area (Å²) in [7, 11) is 0. The van der Waals surface area contributed by atoms with Crippen LogP contribution in [0.4, 0.5) is 0 Å². The quantitative estimate of drug-likeness (QED) is 0.0320. The van der Waals surface area contributed by atoms with Crippen molar-refractivity contribution in [1.29, 1.82) is 0 Å². The fraction of sp³-hybridized carbons (Fsp3) is 0.947. The minimum absolute atomic E-state index is 0.0239. The van der Waals surface area contributed by atoms with Crippen LogP contribution >= 0.6 is 0 Å². The van der Waals surface area contributed by atoms with E-state index in [1.807, 2.05) is 6.08 Å². The predicted molar refractivity (Wildman–Crippen MR) is 361 cm³/mol. The Balaban J connectivity index is 3.34. The fourth-order valence-electron chi connectivity index (χ4n) is 12.3.